The highest BCUT2D eigenvalue weighted by atomic mass is 32.2. The van der Waals surface area contributed by atoms with Gasteiger partial charge in [0.1, 0.15) is 0 Å². The SMILES string of the molecule is CC(C)[C@@H](CCS(=O)(=O)c1ccccc1)NP(c1ccccc1)c1ccccc1. The predicted octanol–water partition coefficient (Wildman–Crippen LogP) is 4.51. The van der Waals surface area contributed by atoms with Crippen molar-refractivity contribution in [1.29, 1.82) is 0 Å². The van der Waals surface area contributed by atoms with Gasteiger partial charge in [-0.2, -0.15) is 0 Å². The molecule has 0 saturated heterocycles. The van der Waals surface area contributed by atoms with E-state index in [1.807, 2.05) is 18.2 Å². The van der Waals surface area contributed by atoms with Crippen LogP contribution in [0, 0.1) is 5.92 Å². The lowest BCUT2D eigenvalue weighted by atomic mass is 10.0. The molecule has 152 valence electrons. The number of benzene rings is 3. The van der Waals surface area contributed by atoms with E-state index in [1.54, 1.807) is 24.3 Å². The van der Waals surface area contributed by atoms with Crippen molar-refractivity contribution < 1.29 is 8.42 Å². The summed E-state index contributed by atoms with van der Waals surface area (Å²) >= 11 is 0. The van der Waals surface area contributed by atoms with E-state index >= 15 is 0 Å². The maximum Gasteiger partial charge on any atom is 0.178 e. The van der Waals surface area contributed by atoms with Gasteiger partial charge in [-0.15, -0.1) is 0 Å². The van der Waals surface area contributed by atoms with Gasteiger partial charge in [-0.05, 0) is 35.1 Å². The molecule has 3 nitrogen and oxygen atoms in total. The summed E-state index contributed by atoms with van der Waals surface area (Å²) in [6.45, 7) is 4.30. The molecule has 1 N–H and O–H groups in total. The summed E-state index contributed by atoms with van der Waals surface area (Å²) in [5, 5.41) is 6.29. The minimum absolute atomic E-state index is 0.0972. The van der Waals surface area contributed by atoms with Crippen molar-refractivity contribution in [3.63, 3.8) is 0 Å². The first-order valence-corrected chi connectivity index (χ1v) is 12.9. The van der Waals surface area contributed by atoms with Crippen LogP contribution in [0.1, 0.15) is 20.3 Å². The van der Waals surface area contributed by atoms with E-state index in [1.165, 1.54) is 10.6 Å². The van der Waals surface area contributed by atoms with Crippen molar-refractivity contribution in [2.24, 2.45) is 5.92 Å². The standard InChI is InChI=1S/C24H28NO2PS/c1-20(2)24(18-19-29(26,27)23-16-10-5-11-17-23)25-28(21-12-6-3-7-13-21)22-14-8-4-9-15-22/h3-17,20,24-25H,18-19H2,1-2H3/t24-/m1/s1. The first kappa shape index (κ1) is 21.7. The van der Waals surface area contributed by atoms with Crippen LogP contribution in [-0.2, 0) is 9.84 Å². The van der Waals surface area contributed by atoms with Crippen LogP contribution in [-0.4, -0.2) is 20.2 Å². The Labute approximate surface area is 175 Å². The summed E-state index contributed by atoms with van der Waals surface area (Å²) in [5.41, 5.74) is 0. The predicted molar refractivity (Wildman–Crippen MR) is 124 cm³/mol. The van der Waals surface area contributed by atoms with Crippen LogP contribution in [0.4, 0.5) is 0 Å². The van der Waals surface area contributed by atoms with Crippen LogP contribution in [0.5, 0.6) is 0 Å². The highest BCUT2D eigenvalue weighted by Gasteiger charge is 2.24. The van der Waals surface area contributed by atoms with Crippen LogP contribution in [0.3, 0.4) is 0 Å². The molecule has 0 unspecified atom stereocenters. The normalized spacial score (nSPS) is 13.0. The van der Waals surface area contributed by atoms with Gasteiger partial charge in [-0.1, -0.05) is 92.7 Å². The van der Waals surface area contributed by atoms with E-state index in [0.717, 1.165) is 0 Å². The number of rotatable bonds is 9. The number of hydrogen-bond acceptors (Lipinski definition) is 3. The Kier molecular flexibility index (Phi) is 7.60. The zero-order valence-corrected chi connectivity index (χ0v) is 18.6. The molecule has 3 aromatic rings. The summed E-state index contributed by atoms with van der Waals surface area (Å²) < 4.78 is 25.5. The van der Waals surface area contributed by atoms with Crippen LogP contribution < -0.4 is 15.7 Å². The second-order valence-corrected chi connectivity index (χ2v) is 11.5. The van der Waals surface area contributed by atoms with Gasteiger partial charge in [-0.3, -0.25) is 5.09 Å². The molecule has 3 aromatic carbocycles. The Morgan fingerprint density at radius 1 is 0.759 bits per heavy atom. The van der Waals surface area contributed by atoms with Crippen molar-refractivity contribution in [2.45, 2.75) is 31.2 Å². The molecule has 29 heavy (non-hydrogen) atoms. The lowest BCUT2D eigenvalue weighted by molar-refractivity contribution is 0.451. The zero-order chi connectivity index (χ0) is 20.7. The van der Waals surface area contributed by atoms with Crippen molar-refractivity contribution >= 4 is 28.5 Å². The third-order valence-corrected chi connectivity index (χ3v) is 8.91. The second-order valence-electron chi connectivity index (χ2n) is 7.41. The Hall–Kier alpha value is -2.00. The molecule has 0 amide bonds. The summed E-state index contributed by atoms with van der Waals surface area (Å²) in [5.74, 6) is 0.456. The minimum atomic E-state index is -3.29. The molecule has 0 spiro atoms. The van der Waals surface area contributed by atoms with Gasteiger partial charge < -0.3 is 0 Å². The summed E-state index contributed by atoms with van der Waals surface area (Å²) in [7, 11) is -4.06. The van der Waals surface area contributed by atoms with E-state index in [-0.39, 0.29) is 11.8 Å². The molecule has 0 aliphatic heterocycles. The Morgan fingerprint density at radius 3 is 1.66 bits per heavy atom. The number of sulfone groups is 1. The number of hydrogen-bond donors (Lipinski definition) is 1. The largest absolute Gasteiger partial charge is 0.285 e. The lowest BCUT2D eigenvalue weighted by Crippen LogP contribution is -2.37. The fourth-order valence-electron chi connectivity index (χ4n) is 3.19. The Bertz CT molecular complexity index is 938. The van der Waals surface area contributed by atoms with E-state index < -0.39 is 17.9 Å². The van der Waals surface area contributed by atoms with E-state index in [0.29, 0.717) is 17.2 Å². The maximum absolute atomic E-state index is 12.8. The van der Waals surface area contributed by atoms with Crippen LogP contribution >= 0.6 is 8.07 Å². The van der Waals surface area contributed by atoms with Crippen LogP contribution in [0.2, 0.25) is 0 Å². The summed E-state index contributed by atoms with van der Waals surface area (Å²) in [6.07, 6.45) is 0.577. The van der Waals surface area contributed by atoms with Gasteiger partial charge >= 0.3 is 0 Å². The molecule has 0 heterocycles. The maximum atomic E-state index is 12.8. The zero-order valence-electron chi connectivity index (χ0n) is 16.9. The third kappa shape index (κ3) is 5.99. The van der Waals surface area contributed by atoms with Gasteiger partial charge in [0.2, 0.25) is 0 Å². The molecule has 5 heteroatoms. The lowest BCUT2D eigenvalue weighted by Gasteiger charge is -2.29. The van der Waals surface area contributed by atoms with E-state index in [9.17, 15) is 8.42 Å². The monoisotopic (exact) mass is 425 g/mol. The molecule has 0 fully saturated rings. The molecule has 0 radical (unpaired) electrons. The van der Waals surface area contributed by atoms with Crippen LogP contribution in [0.25, 0.3) is 0 Å². The third-order valence-electron chi connectivity index (χ3n) is 4.93. The molecule has 0 bridgehead atoms. The highest BCUT2D eigenvalue weighted by molar-refractivity contribution is 7.91. The quantitative estimate of drug-likeness (QED) is 0.513. The van der Waals surface area contributed by atoms with Crippen molar-refractivity contribution in [2.75, 3.05) is 5.75 Å². The first-order chi connectivity index (χ1) is 14.0. The molecule has 0 saturated carbocycles. The van der Waals surface area contributed by atoms with Crippen molar-refractivity contribution in [3.05, 3.63) is 91.0 Å². The average Bonchev–Trinajstić information content (AvgIpc) is 2.75. The fourth-order valence-corrected chi connectivity index (χ4v) is 6.86. The molecule has 3 rings (SSSR count). The molecule has 0 aromatic heterocycles. The van der Waals surface area contributed by atoms with E-state index in [2.05, 4.69) is 67.5 Å². The van der Waals surface area contributed by atoms with Gasteiger partial charge in [0, 0.05) is 14.1 Å². The highest BCUT2D eigenvalue weighted by Crippen LogP contribution is 2.31. The summed E-state index contributed by atoms with van der Waals surface area (Å²) in [4.78, 5) is 0.399. The van der Waals surface area contributed by atoms with Gasteiger partial charge in [0.05, 0.1) is 10.6 Å². The number of nitrogens with one attached hydrogen (secondary N) is 1. The van der Waals surface area contributed by atoms with Gasteiger partial charge in [-0.25, -0.2) is 8.42 Å². The van der Waals surface area contributed by atoms with Gasteiger partial charge in [0.15, 0.2) is 9.84 Å². The first-order valence-electron chi connectivity index (χ1n) is 9.91. The topological polar surface area (TPSA) is 46.2 Å². The van der Waals surface area contributed by atoms with Crippen molar-refractivity contribution in [3.8, 4) is 0 Å². The fraction of sp³-hybridized carbons (Fsp3) is 0.250. The molecular weight excluding hydrogens is 397 g/mol. The molecule has 0 aliphatic carbocycles. The minimum Gasteiger partial charge on any atom is -0.285 e. The second kappa shape index (κ2) is 10.2. The van der Waals surface area contributed by atoms with Crippen molar-refractivity contribution in [1.82, 2.24) is 5.09 Å². The molecular formula is C24H28NO2PS. The Morgan fingerprint density at radius 2 is 1.21 bits per heavy atom. The van der Waals surface area contributed by atoms with Crippen LogP contribution in [0.15, 0.2) is 95.9 Å². The molecule has 1 atom stereocenters. The average molecular weight is 426 g/mol. The smallest absolute Gasteiger partial charge is 0.178 e. The van der Waals surface area contributed by atoms with E-state index in [4.69, 9.17) is 0 Å². The molecule has 0 aliphatic rings. The van der Waals surface area contributed by atoms with Gasteiger partial charge in [0.25, 0.3) is 0 Å². The summed E-state index contributed by atoms with van der Waals surface area (Å²) in [6, 6.07) is 29.7. The Balaban J connectivity index is 1.80.